The second-order valence-electron chi connectivity index (χ2n) is 3.79. The Morgan fingerprint density at radius 2 is 2.05 bits per heavy atom. The summed E-state index contributed by atoms with van der Waals surface area (Å²) >= 11 is 5.47. The highest BCUT2D eigenvalue weighted by molar-refractivity contribution is 6.30. The maximum atomic E-state index is 13.1. The van der Waals surface area contributed by atoms with E-state index >= 15 is 0 Å². The molecule has 0 aliphatic carbocycles. The van der Waals surface area contributed by atoms with Crippen molar-refractivity contribution in [2.75, 3.05) is 5.32 Å². The number of amides is 3. The van der Waals surface area contributed by atoms with E-state index in [0.717, 1.165) is 6.07 Å². The van der Waals surface area contributed by atoms with E-state index < -0.39 is 36.2 Å². The highest BCUT2D eigenvalue weighted by Crippen LogP contribution is 2.18. The molecule has 1 unspecified atom stereocenters. The number of primary amides is 1. The molecule has 0 aromatic heterocycles. The molecule has 0 radical (unpaired) electrons. The van der Waals surface area contributed by atoms with Gasteiger partial charge in [-0.1, -0.05) is 11.6 Å². The number of carbonyl (C=O) groups excluding carboxylic acids is 2. The highest BCUT2D eigenvalue weighted by Gasteiger charge is 2.22. The number of hydrogen-bond donors (Lipinski definition) is 4. The smallest absolute Gasteiger partial charge is 0.326 e. The van der Waals surface area contributed by atoms with E-state index in [0.29, 0.717) is 0 Å². The highest BCUT2D eigenvalue weighted by atomic mass is 35.5. The molecule has 0 aliphatic rings. The van der Waals surface area contributed by atoms with Gasteiger partial charge in [0.15, 0.2) is 0 Å². The molecule has 0 heterocycles. The lowest BCUT2D eigenvalue weighted by molar-refractivity contribution is -0.140. The molecular formula is C11H11ClFN3O4. The van der Waals surface area contributed by atoms with Gasteiger partial charge in [0.1, 0.15) is 11.9 Å². The average molecular weight is 304 g/mol. The lowest BCUT2D eigenvalue weighted by Gasteiger charge is -2.13. The minimum absolute atomic E-state index is 0.0765. The Hall–Kier alpha value is -2.35. The van der Waals surface area contributed by atoms with Crippen LogP contribution in [0, 0.1) is 5.82 Å². The predicted octanol–water partition coefficient (Wildman–Crippen LogP) is 0.929. The third-order valence-corrected chi connectivity index (χ3v) is 2.49. The van der Waals surface area contributed by atoms with Crippen molar-refractivity contribution in [3.63, 3.8) is 0 Å². The number of aliphatic carboxylic acids is 1. The number of halogens is 2. The summed E-state index contributed by atoms with van der Waals surface area (Å²) in [6, 6.07) is 1.13. The van der Waals surface area contributed by atoms with Crippen LogP contribution in [0.3, 0.4) is 0 Å². The normalized spacial score (nSPS) is 11.5. The van der Waals surface area contributed by atoms with Crippen LogP contribution in [-0.2, 0) is 9.59 Å². The molecular weight excluding hydrogens is 293 g/mol. The van der Waals surface area contributed by atoms with Crippen LogP contribution >= 0.6 is 11.6 Å². The number of nitrogens with two attached hydrogens (primary N) is 1. The van der Waals surface area contributed by atoms with Crippen LogP contribution in [0.5, 0.6) is 0 Å². The first kappa shape index (κ1) is 15.7. The third kappa shape index (κ3) is 4.73. The van der Waals surface area contributed by atoms with Gasteiger partial charge in [0, 0.05) is 5.69 Å². The number of carboxylic acid groups (broad SMARTS) is 1. The topological polar surface area (TPSA) is 122 Å². The van der Waals surface area contributed by atoms with Crippen molar-refractivity contribution < 1.29 is 23.9 Å². The van der Waals surface area contributed by atoms with E-state index in [2.05, 4.69) is 5.32 Å². The lowest BCUT2D eigenvalue weighted by Crippen LogP contribution is -2.45. The second-order valence-corrected chi connectivity index (χ2v) is 4.20. The summed E-state index contributed by atoms with van der Waals surface area (Å²) in [5.41, 5.74) is 4.93. The quantitative estimate of drug-likeness (QED) is 0.646. The Morgan fingerprint density at radius 3 is 2.55 bits per heavy atom. The molecule has 7 nitrogen and oxygen atoms in total. The summed E-state index contributed by atoms with van der Waals surface area (Å²) in [5, 5.41) is 12.9. The molecule has 1 aromatic rings. The molecule has 0 fully saturated rings. The zero-order valence-corrected chi connectivity index (χ0v) is 10.8. The SMILES string of the molecule is NC(=O)CC(NC(=O)Nc1ccc(Cl)c(F)c1)C(=O)O. The van der Waals surface area contributed by atoms with Gasteiger partial charge in [-0.05, 0) is 18.2 Å². The van der Waals surface area contributed by atoms with Crippen molar-refractivity contribution in [1.82, 2.24) is 5.32 Å². The number of rotatable bonds is 5. The molecule has 20 heavy (non-hydrogen) atoms. The molecule has 5 N–H and O–H groups in total. The number of carbonyl (C=O) groups is 3. The standard InChI is InChI=1S/C11H11ClFN3O4/c12-6-2-1-5(3-7(6)13)15-11(20)16-8(10(18)19)4-9(14)17/h1-3,8H,4H2,(H2,14,17)(H,18,19)(H2,15,16,20). The van der Waals surface area contributed by atoms with Crippen molar-refractivity contribution in [1.29, 1.82) is 0 Å². The van der Waals surface area contributed by atoms with Gasteiger partial charge in [0.05, 0.1) is 11.4 Å². The largest absolute Gasteiger partial charge is 0.480 e. The van der Waals surface area contributed by atoms with Gasteiger partial charge in [-0.3, -0.25) is 4.79 Å². The summed E-state index contributed by atoms with van der Waals surface area (Å²) in [4.78, 5) is 33.0. The summed E-state index contributed by atoms with van der Waals surface area (Å²) in [6.07, 6.45) is -0.558. The molecule has 0 bridgehead atoms. The summed E-state index contributed by atoms with van der Waals surface area (Å²) < 4.78 is 13.1. The number of hydrogen-bond acceptors (Lipinski definition) is 3. The monoisotopic (exact) mass is 303 g/mol. The van der Waals surface area contributed by atoms with E-state index in [-0.39, 0.29) is 10.7 Å². The van der Waals surface area contributed by atoms with Crippen LogP contribution in [0.1, 0.15) is 6.42 Å². The van der Waals surface area contributed by atoms with Gasteiger partial charge in [0.2, 0.25) is 5.91 Å². The van der Waals surface area contributed by atoms with Crippen molar-refractivity contribution in [2.24, 2.45) is 5.73 Å². The van der Waals surface area contributed by atoms with Gasteiger partial charge >= 0.3 is 12.0 Å². The van der Waals surface area contributed by atoms with E-state index in [4.69, 9.17) is 22.4 Å². The number of anilines is 1. The molecule has 0 saturated carbocycles. The Balaban J connectivity index is 2.67. The molecule has 108 valence electrons. The Bertz CT molecular complexity index is 552. The number of urea groups is 1. The molecule has 1 atom stereocenters. The fourth-order valence-corrected chi connectivity index (χ4v) is 1.42. The average Bonchev–Trinajstić information content (AvgIpc) is 2.32. The van der Waals surface area contributed by atoms with E-state index in [1.165, 1.54) is 12.1 Å². The van der Waals surface area contributed by atoms with Crippen LogP contribution in [0.25, 0.3) is 0 Å². The third-order valence-electron chi connectivity index (χ3n) is 2.19. The summed E-state index contributed by atoms with van der Waals surface area (Å²) in [6.45, 7) is 0. The Kier molecular flexibility index (Phi) is 5.27. The van der Waals surface area contributed by atoms with Crippen LogP contribution in [0.15, 0.2) is 18.2 Å². The maximum absolute atomic E-state index is 13.1. The molecule has 0 saturated heterocycles. The lowest BCUT2D eigenvalue weighted by atomic mass is 10.2. The van der Waals surface area contributed by atoms with Crippen LogP contribution in [0.2, 0.25) is 5.02 Å². The van der Waals surface area contributed by atoms with Crippen molar-refractivity contribution >= 4 is 35.2 Å². The molecule has 3 amide bonds. The Morgan fingerprint density at radius 1 is 1.40 bits per heavy atom. The summed E-state index contributed by atoms with van der Waals surface area (Å²) in [7, 11) is 0. The van der Waals surface area contributed by atoms with Crippen LogP contribution in [-0.4, -0.2) is 29.1 Å². The zero-order chi connectivity index (χ0) is 15.3. The summed E-state index contributed by atoms with van der Waals surface area (Å²) in [5.74, 6) is -3.03. The molecule has 1 rings (SSSR count). The van der Waals surface area contributed by atoms with Crippen LogP contribution < -0.4 is 16.4 Å². The van der Waals surface area contributed by atoms with E-state index in [9.17, 15) is 18.8 Å². The van der Waals surface area contributed by atoms with Crippen LogP contribution in [0.4, 0.5) is 14.9 Å². The van der Waals surface area contributed by atoms with Gasteiger partial charge in [-0.25, -0.2) is 14.0 Å². The fraction of sp³-hybridized carbons (Fsp3) is 0.182. The molecule has 0 aliphatic heterocycles. The fourth-order valence-electron chi connectivity index (χ4n) is 1.30. The van der Waals surface area contributed by atoms with E-state index in [1.54, 1.807) is 0 Å². The predicted molar refractivity (Wildman–Crippen MR) is 68.8 cm³/mol. The van der Waals surface area contributed by atoms with E-state index in [1.807, 2.05) is 5.32 Å². The number of nitrogens with one attached hydrogen (secondary N) is 2. The van der Waals surface area contributed by atoms with Gasteiger partial charge in [-0.15, -0.1) is 0 Å². The van der Waals surface area contributed by atoms with Crippen molar-refractivity contribution in [2.45, 2.75) is 12.5 Å². The first-order valence-electron chi connectivity index (χ1n) is 5.33. The minimum Gasteiger partial charge on any atom is -0.480 e. The minimum atomic E-state index is -1.47. The first-order chi connectivity index (χ1) is 9.29. The Labute approximate surface area is 117 Å². The van der Waals surface area contributed by atoms with Gasteiger partial charge in [-0.2, -0.15) is 0 Å². The molecule has 0 spiro atoms. The van der Waals surface area contributed by atoms with Crippen molar-refractivity contribution in [3.05, 3.63) is 29.0 Å². The zero-order valence-electron chi connectivity index (χ0n) is 10.0. The van der Waals surface area contributed by atoms with Gasteiger partial charge in [0.25, 0.3) is 0 Å². The molecule has 9 heteroatoms. The maximum Gasteiger partial charge on any atom is 0.326 e. The van der Waals surface area contributed by atoms with Crippen molar-refractivity contribution in [3.8, 4) is 0 Å². The van der Waals surface area contributed by atoms with Gasteiger partial charge < -0.3 is 21.5 Å². The number of benzene rings is 1. The second kappa shape index (κ2) is 6.71. The number of carboxylic acids is 1. The first-order valence-corrected chi connectivity index (χ1v) is 5.71. The molecule has 1 aromatic carbocycles.